The van der Waals surface area contributed by atoms with Crippen molar-refractivity contribution in [3.63, 3.8) is 0 Å². The maximum Gasteiger partial charge on any atom is 0.394 e. The second-order valence-corrected chi connectivity index (χ2v) is 17.9. The maximum atomic E-state index is 15.2. The molecule has 0 amide bonds. The third kappa shape index (κ3) is 11.3. The Kier molecular flexibility index (Phi) is 11.9. The molecule has 5 rings (SSSR count). The molecule has 0 aliphatic rings. The van der Waals surface area contributed by atoms with E-state index in [-0.39, 0.29) is 22.2 Å². The van der Waals surface area contributed by atoms with Gasteiger partial charge >= 0.3 is 6.18 Å². The average molecular weight is 879 g/mol. The van der Waals surface area contributed by atoms with Gasteiger partial charge in [-0.1, -0.05) is 0 Å². The highest BCUT2D eigenvalue weighted by molar-refractivity contribution is 7.29. The third-order valence-electron chi connectivity index (χ3n) is 7.55. The smallest absolute Gasteiger partial charge is 0.207 e. The van der Waals surface area contributed by atoms with Crippen LogP contribution in [0.4, 0.5) is 65.9 Å². The lowest BCUT2D eigenvalue weighted by Crippen LogP contribution is -2.36. The molecule has 0 spiro atoms. The van der Waals surface area contributed by atoms with E-state index >= 15 is 8.78 Å². The fourth-order valence-electron chi connectivity index (χ4n) is 5.72. The highest BCUT2D eigenvalue weighted by Gasteiger charge is 2.54. The van der Waals surface area contributed by atoms with Crippen molar-refractivity contribution in [2.24, 2.45) is 0 Å². The van der Waals surface area contributed by atoms with Crippen LogP contribution in [0.2, 0.25) is 0 Å². The largest absolute Gasteiger partial charge is 0.394 e. The number of rotatable bonds is 16. The van der Waals surface area contributed by atoms with Gasteiger partial charge in [0.2, 0.25) is 0 Å². The minimum Gasteiger partial charge on any atom is -0.207 e. The Hall–Kier alpha value is -2.55. The molecule has 20 heteroatoms. The van der Waals surface area contributed by atoms with Crippen LogP contribution >= 0.6 is 56.7 Å². The van der Waals surface area contributed by atoms with E-state index in [2.05, 4.69) is 0 Å². The highest BCUT2D eigenvalue weighted by Crippen LogP contribution is 2.51. The molecule has 0 aromatic carbocycles. The van der Waals surface area contributed by atoms with Crippen molar-refractivity contribution in [1.29, 1.82) is 0 Å². The van der Waals surface area contributed by atoms with Crippen LogP contribution in [0.3, 0.4) is 0 Å². The van der Waals surface area contributed by atoms with Crippen LogP contribution < -0.4 is 0 Å². The summed E-state index contributed by atoms with van der Waals surface area (Å²) in [6.07, 6.45) is -18.6. The molecule has 0 bridgehead atoms. The monoisotopic (exact) mass is 878 g/mol. The Labute approximate surface area is 317 Å². The summed E-state index contributed by atoms with van der Waals surface area (Å²) in [5.41, 5.74) is -0.822. The van der Waals surface area contributed by atoms with E-state index in [0.717, 1.165) is 40.1 Å². The van der Waals surface area contributed by atoms with Gasteiger partial charge in [-0.3, -0.25) is 0 Å². The van der Waals surface area contributed by atoms with Gasteiger partial charge in [-0.2, -0.15) is 13.2 Å². The summed E-state index contributed by atoms with van der Waals surface area (Å²) in [6.45, 7) is 0.232. The minimum atomic E-state index is -5.48. The van der Waals surface area contributed by atoms with Crippen LogP contribution in [0.25, 0.3) is 39.0 Å². The van der Waals surface area contributed by atoms with Crippen LogP contribution in [-0.4, -0.2) is 35.8 Å². The first-order valence-electron chi connectivity index (χ1n) is 15.4. The van der Waals surface area contributed by atoms with E-state index in [1.54, 1.807) is 30.3 Å². The minimum absolute atomic E-state index is 0.0667. The molecule has 5 aromatic rings. The van der Waals surface area contributed by atoms with Crippen LogP contribution in [0.5, 0.6) is 0 Å². The third-order valence-corrected chi connectivity index (χ3v) is 13.4. The van der Waals surface area contributed by atoms with E-state index in [4.69, 9.17) is 0 Å². The summed E-state index contributed by atoms with van der Waals surface area (Å²) in [4.78, 5) is 3.70. The zero-order valence-corrected chi connectivity index (χ0v) is 31.3. The number of hydrogen-bond donors (Lipinski definition) is 0. The molecule has 0 saturated heterocycles. The summed E-state index contributed by atoms with van der Waals surface area (Å²) in [7, 11) is 0. The zero-order chi connectivity index (χ0) is 40.1. The number of hydrogen-bond acceptors (Lipinski definition) is 5. The van der Waals surface area contributed by atoms with E-state index in [0.29, 0.717) is 29.3 Å². The lowest BCUT2D eigenvalue weighted by atomic mass is 9.97. The van der Waals surface area contributed by atoms with Gasteiger partial charge < -0.3 is 0 Å². The molecule has 5 aromatic heterocycles. The van der Waals surface area contributed by atoms with Crippen molar-refractivity contribution < 1.29 is 65.9 Å². The van der Waals surface area contributed by atoms with Crippen molar-refractivity contribution in [3.05, 3.63) is 70.4 Å². The summed E-state index contributed by atoms with van der Waals surface area (Å²) in [6, 6.07) is 12.1. The molecule has 0 radical (unpaired) electrons. The van der Waals surface area contributed by atoms with Crippen molar-refractivity contribution in [2.45, 2.75) is 87.2 Å². The van der Waals surface area contributed by atoms with Crippen LogP contribution in [0.1, 0.15) is 50.2 Å². The molecule has 0 atom stereocenters. The Bertz CT molecular complexity index is 2020. The predicted molar refractivity (Wildman–Crippen MR) is 185 cm³/mol. The fourth-order valence-corrected chi connectivity index (χ4v) is 11.1. The van der Waals surface area contributed by atoms with Crippen LogP contribution in [0, 0.1) is 0 Å². The van der Waals surface area contributed by atoms with Crippen molar-refractivity contribution >= 4 is 56.7 Å². The summed E-state index contributed by atoms with van der Waals surface area (Å²) in [5, 5.41) is 2.70. The molecular weight excluding hydrogens is 854 g/mol. The highest BCUT2D eigenvalue weighted by atomic mass is 32.1. The summed E-state index contributed by atoms with van der Waals surface area (Å²) < 4.78 is 207. The quantitative estimate of drug-likeness (QED) is 0.0867. The SMILES string of the molecule is CC(F)(F)CC(F)(F)CC(F)(F)Cc1ccsc1-c1ccc(-c2ccc(-c3ccc(-c4sccc4C(F)(F)CC(F)(F)CC(F)(F)CC(F)(F)F)s3)s2)s1. The van der Waals surface area contributed by atoms with Gasteiger partial charge in [-0.05, 0) is 71.8 Å². The lowest BCUT2D eigenvalue weighted by molar-refractivity contribution is -0.214. The molecule has 0 unspecified atom stereocenters. The number of alkyl halides is 15. The Morgan fingerprint density at radius 2 is 0.833 bits per heavy atom. The zero-order valence-electron chi connectivity index (χ0n) is 27.2. The number of halogens is 15. The van der Waals surface area contributed by atoms with Gasteiger partial charge in [0.05, 0.1) is 30.6 Å². The van der Waals surface area contributed by atoms with Crippen LogP contribution in [0.15, 0.2) is 59.3 Å². The molecule has 0 nitrogen and oxygen atoms in total. The average Bonchev–Trinajstić information content (AvgIpc) is 3.77. The predicted octanol–water partition coefficient (Wildman–Crippen LogP) is 16.0. The molecule has 0 aliphatic carbocycles. The molecule has 0 aliphatic heterocycles. The molecule has 54 heavy (non-hydrogen) atoms. The van der Waals surface area contributed by atoms with Gasteiger partial charge in [0.1, 0.15) is 6.42 Å². The van der Waals surface area contributed by atoms with Gasteiger partial charge in [-0.15, -0.1) is 56.7 Å². The van der Waals surface area contributed by atoms with E-state index in [1.165, 1.54) is 45.6 Å². The standard InChI is InChI=1S/C34H25F15S5/c1-28(35,36)13-30(39,40)14-29(37,38)12-18-8-10-50-26(18)24-6-4-22(53-24)20-2-3-21(52-20)23-5-7-25(54-23)27-19(9-11-51-27)33(45,46)16-31(41,42)15-32(43,44)17-34(47,48)49/h2-11H,12-17H2,1H3. The van der Waals surface area contributed by atoms with Gasteiger partial charge in [-0.25, -0.2) is 52.7 Å². The van der Waals surface area contributed by atoms with E-state index < -0.39 is 85.8 Å². The molecule has 296 valence electrons. The first kappa shape index (κ1) is 42.6. The summed E-state index contributed by atoms with van der Waals surface area (Å²) in [5.74, 6) is -26.3. The fraction of sp³-hybridized carbons (Fsp3) is 0.412. The Morgan fingerprint density at radius 1 is 0.426 bits per heavy atom. The van der Waals surface area contributed by atoms with Gasteiger partial charge in [0.25, 0.3) is 35.5 Å². The molecule has 0 fully saturated rings. The molecule has 5 heterocycles. The van der Waals surface area contributed by atoms with Crippen molar-refractivity contribution in [1.82, 2.24) is 0 Å². The summed E-state index contributed by atoms with van der Waals surface area (Å²) >= 11 is 5.40. The van der Waals surface area contributed by atoms with Gasteiger partial charge in [0.15, 0.2) is 0 Å². The van der Waals surface area contributed by atoms with Crippen LogP contribution in [-0.2, 0) is 12.3 Å². The van der Waals surface area contributed by atoms with Crippen molar-refractivity contribution in [3.8, 4) is 39.0 Å². The van der Waals surface area contributed by atoms with Crippen molar-refractivity contribution in [2.75, 3.05) is 0 Å². The molecular formula is C34H25F15S5. The first-order valence-corrected chi connectivity index (χ1v) is 19.6. The van der Waals surface area contributed by atoms with E-state index in [1.807, 2.05) is 0 Å². The second kappa shape index (κ2) is 15.1. The maximum absolute atomic E-state index is 15.2. The normalized spacial score (nSPS) is 14.0. The topological polar surface area (TPSA) is 0 Å². The van der Waals surface area contributed by atoms with E-state index in [9.17, 15) is 57.1 Å². The Balaban J connectivity index is 1.29. The number of thiophene rings is 5. The Morgan fingerprint density at radius 3 is 1.35 bits per heavy atom. The molecule has 0 N–H and O–H groups in total. The van der Waals surface area contributed by atoms with Gasteiger partial charge in [0, 0.05) is 46.1 Å². The second-order valence-electron chi connectivity index (χ2n) is 12.8. The molecule has 0 saturated carbocycles. The lowest BCUT2D eigenvalue weighted by Gasteiger charge is -2.27. The first-order chi connectivity index (χ1) is 24.6.